The maximum Gasteiger partial charge on any atom is 0.281 e. The molecule has 9 rings (SSSR count). The van der Waals surface area contributed by atoms with Gasteiger partial charge in [0.15, 0.2) is 5.03 Å². The Morgan fingerprint density at radius 3 is 2.43 bits per heavy atom. The topological polar surface area (TPSA) is 134 Å². The summed E-state index contributed by atoms with van der Waals surface area (Å²) in [7, 11) is -4.26. The van der Waals surface area contributed by atoms with Crippen LogP contribution in [0.15, 0.2) is 35.4 Å². The first-order valence-electron chi connectivity index (χ1n) is 17.5. The highest BCUT2D eigenvalue weighted by molar-refractivity contribution is 7.90. The lowest BCUT2D eigenvalue weighted by Crippen LogP contribution is -2.49. The number of fused-ring (bicyclic) bond motifs is 6. The average Bonchev–Trinajstić information content (AvgIpc) is 3.54. The van der Waals surface area contributed by atoms with Crippen molar-refractivity contribution in [2.24, 2.45) is 29.1 Å². The molecule has 4 aliphatic carbocycles. The molecule has 7 aliphatic rings. The van der Waals surface area contributed by atoms with E-state index >= 15 is 0 Å². The smallest absolute Gasteiger partial charge is 0.281 e. The molecule has 11 nitrogen and oxygen atoms in total. The lowest BCUT2D eigenvalue weighted by atomic mass is 9.50. The Morgan fingerprint density at radius 2 is 1.68 bits per heavy atom. The Bertz CT molecular complexity index is 1660. The van der Waals surface area contributed by atoms with Crippen molar-refractivity contribution in [1.29, 1.82) is 0 Å². The van der Waals surface area contributed by atoms with Crippen LogP contribution >= 0.6 is 0 Å². The van der Waals surface area contributed by atoms with Gasteiger partial charge in [-0.1, -0.05) is 6.07 Å². The van der Waals surface area contributed by atoms with Gasteiger partial charge in [0.25, 0.3) is 21.8 Å². The van der Waals surface area contributed by atoms with Gasteiger partial charge < -0.3 is 15.0 Å². The second kappa shape index (κ2) is 11.4. The zero-order chi connectivity index (χ0) is 32.6. The van der Waals surface area contributed by atoms with Crippen LogP contribution in [0.1, 0.15) is 88.4 Å². The summed E-state index contributed by atoms with van der Waals surface area (Å²) in [6.45, 7) is 6.73. The summed E-state index contributed by atoms with van der Waals surface area (Å²) in [6.07, 6.45) is 10.7. The molecular formula is C35H46N6O5S. The number of carbonyl (C=O) groups excluding carboxylic acids is 2. The fourth-order valence-corrected chi connectivity index (χ4v) is 11.1. The van der Waals surface area contributed by atoms with E-state index < -0.39 is 22.0 Å². The second-order valence-electron chi connectivity index (χ2n) is 15.9. The van der Waals surface area contributed by atoms with Crippen LogP contribution in [0.3, 0.4) is 0 Å². The largest absolute Gasteiger partial charge is 0.370 e. The third kappa shape index (κ3) is 5.79. The van der Waals surface area contributed by atoms with Gasteiger partial charge in [-0.05, 0) is 125 Å². The van der Waals surface area contributed by atoms with Crippen molar-refractivity contribution in [2.75, 3.05) is 41.4 Å². The van der Waals surface area contributed by atoms with E-state index in [1.165, 1.54) is 44.6 Å². The third-order valence-corrected chi connectivity index (χ3v) is 13.1. The van der Waals surface area contributed by atoms with Crippen molar-refractivity contribution in [1.82, 2.24) is 14.7 Å². The average molecular weight is 663 g/mol. The van der Waals surface area contributed by atoms with E-state index in [0.29, 0.717) is 56.0 Å². The van der Waals surface area contributed by atoms with Crippen LogP contribution in [0.2, 0.25) is 0 Å². The molecule has 2 N–H and O–H groups in total. The van der Waals surface area contributed by atoms with Gasteiger partial charge in [-0.15, -0.1) is 0 Å². The van der Waals surface area contributed by atoms with Crippen molar-refractivity contribution >= 4 is 39.3 Å². The standard InChI is InChI=1S/C35H46N6O5S/c1-34(2)16-22-5-4-11-36-28-6-3-7-30(37-28)47(44,45)39-32(42)26-8-9-29(38-31(26)41(34)20-22)40-12-10-27(33(40)43)46-21-35-17-23-13-24(18-35)15-25(14-23)19-35/h3,6-9,22-25,27H,4-5,10-21H2,1-2H3,(H,36,37)(H,39,42)/t22-,23?,24?,25?,27-,35?/m0/s1. The van der Waals surface area contributed by atoms with E-state index in [4.69, 9.17) is 9.72 Å². The maximum atomic E-state index is 13.8. The molecule has 2 atom stereocenters. The Hall–Kier alpha value is -3.25. The highest BCUT2D eigenvalue weighted by Crippen LogP contribution is 2.60. The van der Waals surface area contributed by atoms with Crippen LogP contribution in [-0.2, 0) is 19.6 Å². The number of hydrogen-bond acceptors (Lipinski definition) is 9. The van der Waals surface area contributed by atoms with Crippen molar-refractivity contribution in [3.63, 3.8) is 0 Å². The zero-order valence-electron chi connectivity index (χ0n) is 27.4. The van der Waals surface area contributed by atoms with Gasteiger partial charge in [0.2, 0.25) is 0 Å². The Balaban J connectivity index is 1.06. The van der Waals surface area contributed by atoms with Crippen LogP contribution in [0, 0.1) is 29.1 Å². The summed E-state index contributed by atoms with van der Waals surface area (Å²) < 4.78 is 35.3. The van der Waals surface area contributed by atoms with E-state index in [-0.39, 0.29) is 27.5 Å². The minimum Gasteiger partial charge on any atom is -0.370 e. The van der Waals surface area contributed by atoms with E-state index in [1.807, 2.05) is 0 Å². The van der Waals surface area contributed by atoms with E-state index in [1.54, 1.807) is 29.2 Å². The molecule has 12 heteroatoms. The number of pyridine rings is 2. The quantitative estimate of drug-likeness (QED) is 0.476. The summed E-state index contributed by atoms with van der Waals surface area (Å²) in [5.41, 5.74) is 0.0449. The lowest BCUT2D eigenvalue weighted by Gasteiger charge is -2.56. The summed E-state index contributed by atoms with van der Waals surface area (Å²) in [4.78, 5) is 40.6. The SMILES string of the molecule is CC1(C)C[C@@H]2CCCNc3cccc(n3)S(=O)(=O)NC(=O)c3ccc(N4CC[C@H](OCC56CC7CC(CC(C7)C5)C6)C4=O)nc3N1C2. The van der Waals surface area contributed by atoms with E-state index in [2.05, 4.69) is 33.8 Å². The fourth-order valence-electron chi connectivity index (χ4n) is 10.2. The predicted octanol–water partition coefficient (Wildman–Crippen LogP) is 4.74. The van der Waals surface area contributed by atoms with Gasteiger partial charge in [-0.2, -0.15) is 8.42 Å². The summed E-state index contributed by atoms with van der Waals surface area (Å²) in [5, 5.41) is 2.99. The third-order valence-electron chi connectivity index (χ3n) is 11.8. The lowest BCUT2D eigenvalue weighted by molar-refractivity contribution is -0.138. The number of aromatic nitrogens is 2. The van der Waals surface area contributed by atoms with Gasteiger partial charge in [0, 0.05) is 31.6 Å². The van der Waals surface area contributed by atoms with E-state index in [0.717, 1.165) is 37.0 Å². The fraction of sp³-hybridized carbons (Fsp3) is 0.657. The number of rotatable bonds is 4. The zero-order valence-corrected chi connectivity index (χ0v) is 28.2. The van der Waals surface area contributed by atoms with Gasteiger partial charge in [-0.3, -0.25) is 14.5 Å². The van der Waals surface area contributed by atoms with Crippen LogP contribution in [0.4, 0.5) is 17.5 Å². The first kappa shape index (κ1) is 31.0. The molecule has 47 heavy (non-hydrogen) atoms. The second-order valence-corrected chi connectivity index (χ2v) is 17.5. The van der Waals surface area contributed by atoms with Gasteiger partial charge >= 0.3 is 0 Å². The number of anilines is 3. The molecule has 6 fully saturated rings. The van der Waals surface area contributed by atoms with Crippen LogP contribution in [-0.4, -0.2) is 68.1 Å². The predicted molar refractivity (Wildman–Crippen MR) is 178 cm³/mol. The maximum absolute atomic E-state index is 13.8. The number of carbonyl (C=O) groups is 2. The molecule has 5 heterocycles. The molecule has 0 spiro atoms. The molecule has 3 aliphatic heterocycles. The number of sulfonamides is 1. The Morgan fingerprint density at radius 1 is 0.936 bits per heavy atom. The minimum atomic E-state index is -4.26. The molecule has 0 unspecified atom stereocenters. The molecule has 2 aromatic heterocycles. The Kier molecular flexibility index (Phi) is 7.55. The first-order valence-corrected chi connectivity index (χ1v) is 19.0. The van der Waals surface area contributed by atoms with Crippen LogP contribution in [0.25, 0.3) is 0 Å². The van der Waals surface area contributed by atoms with Gasteiger partial charge in [0.05, 0.1) is 12.2 Å². The van der Waals surface area contributed by atoms with E-state index in [9.17, 15) is 18.0 Å². The first-order chi connectivity index (χ1) is 22.5. The van der Waals surface area contributed by atoms with Gasteiger partial charge in [0.1, 0.15) is 23.6 Å². The molecule has 252 valence electrons. The molecule has 4 saturated carbocycles. The van der Waals surface area contributed by atoms with Gasteiger partial charge in [-0.25, -0.2) is 14.7 Å². The summed E-state index contributed by atoms with van der Waals surface area (Å²) in [5.74, 6) is 3.27. The summed E-state index contributed by atoms with van der Waals surface area (Å²) in [6, 6.07) is 7.96. The highest BCUT2D eigenvalue weighted by Gasteiger charge is 2.51. The Labute approximate surface area is 277 Å². The molecule has 0 aromatic carbocycles. The molecule has 2 aromatic rings. The minimum absolute atomic E-state index is 0.0941. The number of hydrogen-bond donors (Lipinski definition) is 2. The monoisotopic (exact) mass is 662 g/mol. The molecular weight excluding hydrogens is 616 g/mol. The molecule has 8 bridgehead atoms. The van der Waals surface area contributed by atoms with Crippen molar-refractivity contribution in [3.05, 3.63) is 35.9 Å². The normalized spacial score (nSPS) is 34.0. The van der Waals surface area contributed by atoms with Crippen molar-refractivity contribution in [2.45, 2.75) is 94.7 Å². The number of ether oxygens (including phenoxy) is 1. The number of nitrogens with one attached hydrogen (secondary N) is 2. The molecule has 2 saturated heterocycles. The number of amides is 2. The summed E-state index contributed by atoms with van der Waals surface area (Å²) >= 11 is 0. The van der Waals surface area contributed by atoms with Crippen molar-refractivity contribution in [3.8, 4) is 0 Å². The molecule has 0 radical (unpaired) electrons. The van der Waals surface area contributed by atoms with Crippen LogP contribution in [0.5, 0.6) is 0 Å². The highest BCUT2D eigenvalue weighted by atomic mass is 32.2. The van der Waals surface area contributed by atoms with Crippen molar-refractivity contribution < 1.29 is 22.7 Å². The molecule has 2 amide bonds. The van der Waals surface area contributed by atoms with Crippen LogP contribution < -0.4 is 19.8 Å². The number of nitrogens with zero attached hydrogens (tertiary/aromatic N) is 4.